The summed E-state index contributed by atoms with van der Waals surface area (Å²) in [4.78, 5) is 58.1. The summed E-state index contributed by atoms with van der Waals surface area (Å²) < 4.78 is 4.59. The van der Waals surface area contributed by atoms with Gasteiger partial charge in [-0.3, -0.25) is 9.59 Å². The number of likely N-dealkylation sites (N-methyl/N-ethyl adjacent to an activating group) is 1. The van der Waals surface area contributed by atoms with Crippen molar-refractivity contribution in [1.29, 1.82) is 0 Å². The molecule has 3 amide bonds. The van der Waals surface area contributed by atoms with Crippen LogP contribution >= 0.6 is 0 Å². The third-order valence-electron chi connectivity index (χ3n) is 10.1. The van der Waals surface area contributed by atoms with Crippen LogP contribution in [0.1, 0.15) is 63.3 Å². The fraction of sp³-hybridized carbons (Fsp3) is 0.395. The molecule has 5 aromatic rings. The fourth-order valence-corrected chi connectivity index (χ4v) is 7.49. The zero-order chi connectivity index (χ0) is 34.9. The normalized spacial score (nSPS) is 18.3. The number of rotatable bonds is 9. The predicted molar refractivity (Wildman–Crippen MR) is 192 cm³/mol. The summed E-state index contributed by atoms with van der Waals surface area (Å²) in [5, 5.41) is 5.68. The van der Waals surface area contributed by atoms with Gasteiger partial charge < -0.3 is 35.1 Å². The Morgan fingerprint density at radius 3 is 1.80 bits per heavy atom. The number of nitrogens with one attached hydrogen (secondary N) is 4. The Kier molecular flexibility index (Phi) is 9.28. The molecule has 12 heteroatoms. The number of aromatic amines is 2. The highest BCUT2D eigenvalue weighted by atomic mass is 16.5. The first-order valence-corrected chi connectivity index (χ1v) is 17.4. The molecule has 260 valence electrons. The monoisotopic (exact) mass is 676 g/mol. The molecule has 0 bridgehead atoms. The first kappa shape index (κ1) is 33.3. The molecule has 2 aromatic heterocycles. The minimum atomic E-state index is -0.627. The average Bonchev–Trinajstić information content (AvgIpc) is 3.95. The third-order valence-corrected chi connectivity index (χ3v) is 10.1. The van der Waals surface area contributed by atoms with Crippen molar-refractivity contribution in [3.05, 3.63) is 72.3 Å². The Bertz CT molecular complexity index is 2030. The van der Waals surface area contributed by atoms with Crippen molar-refractivity contribution in [3.63, 3.8) is 0 Å². The van der Waals surface area contributed by atoms with Crippen molar-refractivity contribution in [2.75, 3.05) is 33.8 Å². The van der Waals surface area contributed by atoms with Crippen LogP contribution in [0.3, 0.4) is 0 Å². The van der Waals surface area contributed by atoms with E-state index in [0.717, 1.165) is 88.2 Å². The molecule has 3 aromatic carbocycles. The van der Waals surface area contributed by atoms with E-state index < -0.39 is 6.09 Å². The standard InChI is InChI=1S/C38H44N8O4/c1-22(2)34(39-3)37(48)46-18-6-8-32(46)36-42-28-16-14-26(20-30(28)44-36)24-11-9-23(10-12-24)25-13-15-27-29(19-25)43-35(41-27)31-7-5-17-45(31)33(47)21-40-38(49)50-4/h9-16,19-20,22,31-32,34,39H,5-8,17-18,21H2,1-4H3,(H,40,49)(H,41,43)(H,42,44)/t31-,32-,34?/m0/s1. The van der Waals surface area contributed by atoms with Gasteiger partial charge in [0.15, 0.2) is 0 Å². The van der Waals surface area contributed by atoms with Crippen LogP contribution in [0.15, 0.2) is 60.7 Å². The summed E-state index contributed by atoms with van der Waals surface area (Å²) in [7, 11) is 3.12. The molecule has 2 fully saturated rings. The summed E-state index contributed by atoms with van der Waals surface area (Å²) >= 11 is 0. The zero-order valence-electron chi connectivity index (χ0n) is 29.0. The maximum Gasteiger partial charge on any atom is 0.407 e. The molecule has 0 aliphatic carbocycles. The van der Waals surface area contributed by atoms with E-state index in [1.807, 2.05) is 24.1 Å². The first-order valence-electron chi connectivity index (χ1n) is 17.4. The molecular weight excluding hydrogens is 632 g/mol. The predicted octanol–water partition coefficient (Wildman–Crippen LogP) is 5.70. The number of likely N-dealkylation sites (tertiary alicyclic amines) is 2. The van der Waals surface area contributed by atoms with Crippen molar-refractivity contribution >= 4 is 40.0 Å². The molecule has 2 aliphatic rings. The molecule has 0 spiro atoms. The van der Waals surface area contributed by atoms with E-state index in [9.17, 15) is 14.4 Å². The van der Waals surface area contributed by atoms with E-state index in [1.54, 1.807) is 4.90 Å². The van der Waals surface area contributed by atoms with Gasteiger partial charge in [0.2, 0.25) is 11.8 Å². The fourth-order valence-electron chi connectivity index (χ4n) is 7.49. The number of carbonyl (C=O) groups is 3. The molecule has 3 atom stereocenters. The molecule has 1 unspecified atom stereocenters. The van der Waals surface area contributed by atoms with Crippen LogP contribution < -0.4 is 10.6 Å². The second-order valence-corrected chi connectivity index (χ2v) is 13.6. The number of imidazole rings is 2. The maximum atomic E-state index is 13.4. The second-order valence-electron chi connectivity index (χ2n) is 13.6. The molecule has 0 saturated carbocycles. The van der Waals surface area contributed by atoms with Crippen molar-refractivity contribution in [1.82, 2.24) is 40.4 Å². The number of fused-ring (bicyclic) bond motifs is 2. The third kappa shape index (κ3) is 6.42. The van der Waals surface area contributed by atoms with Crippen LogP contribution in [-0.2, 0) is 14.3 Å². The van der Waals surface area contributed by atoms with E-state index in [1.165, 1.54) is 7.11 Å². The van der Waals surface area contributed by atoms with E-state index in [-0.39, 0.29) is 42.4 Å². The van der Waals surface area contributed by atoms with E-state index in [4.69, 9.17) is 9.97 Å². The van der Waals surface area contributed by atoms with Crippen LogP contribution in [0.25, 0.3) is 44.3 Å². The first-order chi connectivity index (χ1) is 24.2. The van der Waals surface area contributed by atoms with Gasteiger partial charge in [-0.05, 0) is 85.2 Å². The minimum Gasteiger partial charge on any atom is -0.453 e. The van der Waals surface area contributed by atoms with Gasteiger partial charge in [0, 0.05) is 13.1 Å². The lowest BCUT2D eigenvalue weighted by Crippen LogP contribution is -2.47. The Hall–Kier alpha value is -5.23. The number of methoxy groups -OCH3 is 1. The highest BCUT2D eigenvalue weighted by Gasteiger charge is 2.36. The molecule has 7 rings (SSSR count). The molecule has 2 aliphatic heterocycles. The SMILES string of the molecule is CNC(C(=O)N1CCC[C@H]1c1nc2ccc(-c3ccc(-c4ccc5nc([C@@H]6CCCN6C(=O)CNC(=O)OC)[nH]c5c4)cc3)cc2[nH]1)C(C)C. The lowest BCUT2D eigenvalue weighted by molar-refractivity contribution is -0.135. The van der Waals surface area contributed by atoms with Gasteiger partial charge in [-0.15, -0.1) is 0 Å². The molecule has 4 heterocycles. The van der Waals surface area contributed by atoms with Crippen molar-refractivity contribution < 1.29 is 19.1 Å². The number of hydrogen-bond acceptors (Lipinski definition) is 7. The number of benzene rings is 3. The van der Waals surface area contributed by atoms with Gasteiger partial charge in [-0.2, -0.15) is 0 Å². The largest absolute Gasteiger partial charge is 0.453 e. The Morgan fingerprint density at radius 2 is 1.30 bits per heavy atom. The number of aromatic nitrogens is 4. The van der Waals surface area contributed by atoms with Gasteiger partial charge in [0.05, 0.1) is 47.3 Å². The smallest absolute Gasteiger partial charge is 0.407 e. The average molecular weight is 677 g/mol. The van der Waals surface area contributed by atoms with Gasteiger partial charge in [0.1, 0.15) is 18.2 Å². The number of alkyl carbamates (subject to hydrolysis) is 1. The number of ether oxygens (including phenoxy) is 1. The lowest BCUT2D eigenvalue weighted by atomic mass is 10.00. The van der Waals surface area contributed by atoms with Crippen LogP contribution in [0.5, 0.6) is 0 Å². The van der Waals surface area contributed by atoms with Crippen LogP contribution in [0, 0.1) is 5.92 Å². The van der Waals surface area contributed by atoms with Gasteiger partial charge in [-0.25, -0.2) is 14.8 Å². The van der Waals surface area contributed by atoms with E-state index in [2.05, 4.69) is 87.7 Å². The molecule has 12 nitrogen and oxygen atoms in total. The van der Waals surface area contributed by atoms with Crippen molar-refractivity contribution in [3.8, 4) is 22.3 Å². The highest BCUT2D eigenvalue weighted by Crippen LogP contribution is 2.35. The topological polar surface area (TPSA) is 148 Å². The van der Waals surface area contributed by atoms with Crippen molar-refractivity contribution in [2.45, 2.75) is 57.7 Å². The van der Waals surface area contributed by atoms with Gasteiger partial charge in [-0.1, -0.05) is 50.2 Å². The van der Waals surface area contributed by atoms with Crippen molar-refractivity contribution in [2.24, 2.45) is 5.92 Å². The number of carbonyl (C=O) groups excluding carboxylic acids is 3. The van der Waals surface area contributed by atoms with E-state index in [0.29, 0.717) is 6.54 Å². The lowest BCUT2D eigenvalue weighted by Gasteiger charge is -2.29. The number of hydrogen-bond donors (Lipinski definition) is 4. The Balaban J connectivity index is 1.06. The second kappa shape index (κ2) is 13.9. The maximum absolute atomic E-state index is 13.4. The Morgan fingerprint density at radius 1 is 0.800 bits per heavy atom. The highest BCUT2D eigenvalue weighted by molar-refractivity contribution is 5.86. The number of H-pyrrole nitrogens is 2. The van der Waals surface area contributed by atoms with Crippen LogP contribution in [0.4, 0.5) is 4.79 Å². The molecule has 50 heavy (non-hydrogen) atoms. The molecule has 4 N–H and O–H groups in total. The summed E-state index contributed by atoms with van der Waals surface area (Å²) in [6.07, 6.45) is 2.91. The van der Waals surface area contributed by atoms with Gasteiger partial charge >= 0.3 is 6.09 Å². The molecule has 0 radical (unpaired) electrons. The van der Waals surface area contributed by atoms with E-state index >= 15 is 0 Å². The number of nitrogens with zero attached hydrogens (tertiary/aromatic N) is 4. The van der Waals surface area contributed by atoms with Gasteiger partial charge in [0.25, 0.3) is 0 Å². The minimum absolute atomic E-state index is 0.0505. The quantitative estimate of drug-likeness (QED) is 0.157. The summed E-state index contributed by atoms with van der Waals surface area (Å²) in [5.41, 5.74) is 7.91. The van der Waals surface area contributed by atoms with Crippen LogP contribution in [0.2, 0.25) is 0 Å². The summed E-state index contributed by atoms with van der Waals surface area (Å²) in [6, 6.07) is 20.5. The molecular formula is C38H44N8O4. The Labute approximate surface area is 291 Å². The zero-order valence-corrected chi connectivity index (χ0v) is 29.0. The number of amides is 3. The van der Waals surface area contributed by atoms with Crippen LogP contribution in [-0.4, -0.2) is 87.5 Å². The molecule has 2 saturated heterocycles. The summed E-state index contributed by atoms with van der Waals surface area (Å²) in [5.74, 6) is 1.77. The summed E-state index contributed by atoms with van der Waals surface area (Å²) in [6.45, 7) is 5.39.